The molecule has 0 fully saturated rings. The normalized spacial score (nSPS) is 13.2. The van der Waals surface area contributed by atoms with Gasteiger partial charge in [-0.15, -0.1) is 0 Å². The summed E-state index contributed by atoms with van der Waals surface area (Å²) < 4.78 is 39.3. The first-order valence-electron chi connectivity index (χ1n) is 9.80. The van der Waals surface area contributed by atoms with Gasteiger partial charge >= 0.3 is 0 Å². The van der Waals surface area contributed by atoms with Crippen LogP contribution in [0.25, 0.3) is 0 Å². The fourth-order valence-corrected chi connectivity index (χ4v) is 5.24. The van der Waals surface area contributed by atoms with E-state index in [1.54, 1.807) is 74.9 Å². The van der Waals surface area contributed by atoms with Crippen molar-refractivity contribution >= 4 is 31.7 Å². The van der Waals surface area contributed by atoms with Crippen molar-refractivity contribution in [3.63, 3.8) is 0 Å². The van der Waals surface area contributed by atoms with E-state index < -0.39 is 20.9 Å². The third-order valence-electron chi connectivity index (χ3n) is 5.01. The SMILES string of the molecule is COc1ccc(C(=O)C(Br)C(NS(=O)(=O)c2ccc(C)cc2)c2ccc(OC)cc2)cc1. The number of alkyl halides is 1. The second-order valence-corrected chi connectivity index (χ2v) is 9.88. The monoisotopic (exact) mass is 517 g/mol. The number of hydrogen-bond acceptors (Lipinski definition) is 5. The molecular weight excluding hydrogens is 494 g/mol. The minimum Gasteiger partial charge on any atom is -0.497 e. The number of halogens is 1. The maximum absolute atomic E-state index is 13.2. The number of ether oxygens (including phenoxy) is 2. The molecule has 0 aliphatic rings. The molecular formula is C24H24BrNO5S. The molecule has 168 valence electrons. The molecule has 1 N–H and O–H groups in total. The molecule has 0 aromatic heterocycles. The van der Waals surface area contributed by atoms with E-state index in [4.69, 9.17) is 9.47 Å². The van der Waals surface area contributed by atoms with Gasteiger partial charge in [-0.25, -0.2) is 13.1 Å². The van der Waals surface area contributed by atoms with Crippen LogP contribution in [0.1, 0.15) is 27.5 Å². The van der Waals surface area contributed by atoms with E-state index in [9.17, 15) is 13.2 Å². The number of sulfonamides is 1. The van der Waals surface area contributed by atoms with Crippen molar-refractivity contribution < 1.29 is 22.7 Å². The van der Waals surface area contributed by atoms with Gasteiger partial charge in [-0.3, -0.25) is 4.79 Å². The molecule has 3 aromatic carbocycles. The number of carbonyl (C=O) groups is 1. The maximum atomic E-state index is 13.2. The van der Waals surface area contributed by atoms with Gasteiger partial charge in [-0.1, -0.05) is 45.8 Å². The van der Waals surface area contributed by atoms with E-state index in [0.29, 0.717) is 22.6 Å². The molecule has 2 unspecified atom stereocenters. The Labute approximate surface area is 196 Å². The summed E-state index contributed by atoms with van der Waals surface area (Å²) in [5.41, 5.74) is 2.00. The van der Waals surface area contributed by atoms with Crippen molar-refractivity contribution in [3.8, 4) is 11.5 Å². The van der Waals surface area contributed by atoms with Crippen molar-refractivity contribution in [1.82, 2.24) is 4.72 Å². The number of Topliss-reactive ketones (excluding diaryl/α,β-unsaturated/α-hetero) is 1. The number of hydrogen-bond donors (Lipinski definition) is 1. The minimum absolute atomic E-state index is 0.123. The number of aryl methyl sites for hydroxylation is 1. The van der Waals surface area contributed by atoms with Crippen LogP contribution in [0.5, 0.6) is 11.5 Å². The molecule has 2 atom stereocenters. The van der Waals surface area contributed by atoms with E-state index in [1.807, 2.05) is 6.92 Å². The summed E-state index contributed by atoms with van der Waals surface area (Å²) in [6.45, 7) is 1.88. The van der Waals surface area contributed by atoms with Gasteiger partial charge in [0, 0.05) is 5.56 Å². The second-order valence-electron chi connectivity index (χ2n) is 7.18. The topological polar surface area (TPSA) is 81.7 Å². The van der Waals surface area contributed by atoms with E-state index in [-0.39, 0.29) is 10.7 Å². The summed E-state index contributed by atoms with van der Waals surface area (Å²) in [4.78, 5) is 12.5. The summed E-state index contributed by atoms with van der Waals surface area (Å²) in [6.07, 6.45) is 0. The predicted octanol–water partition coefficient (Wildman–Crippen LogP) is 4.68. The summed E-state index contributed by atoms with van der Waals surface area (Å²) in [7, 11) is -0.801. The molecule has 0 saturated carbocycles. The van der Waals surface area contributed by atoms with Crippen LogP contribution in [0.3, 0.4) is 0 Å². The average molecular weight is 518 g/mol. The fraction of sp³-hybridized carbons (Fsp3) is 0.208. The number of rotatable bonds is 9. The summed E-state index contributed by atoms with van der Waals surface area (Å²) >= 11 is 3.45. The van der Waals surface area contributed by atoms with Crippen molar-refractivity contribution in [3.05, 3.63) is 89.5 Å². The molecule has 6 nitrogen and oxygen atoms in total. The standard InChI is InChI=1S/C24H24BrNO5S/c1-16-4-14-21(15-5-16)32(28,29)26-23(17-6-10-19(30-2)11-7-17)22(25)24(27)18-8-12-20(31-3)13-9-18/h4-15,22-23,26H,1-3H3. The lowest BCUT2D eigenvalue weighted by Crippen LogP contribution is -2.37. The lowest BCUT2D eigenvalue weighted by Gasteiger charge is -2.24. The lowest BCUT2D eigenvalue weighted by atomic mass is 9.98. The van der Waals surface area contributed by atoms with E-state index in [2.05, 4.69) is 20.7 Å². The average Bonchev–Trinajstić information content (AvgIpc) is 2.82. The molecule has 0 aliphatic carbocycles. The number of methoxy groups -OCH3 is 2. The Kier molecular flexibility index (Phi) is 7.71. The molecule has 0 radical (unpaired) electrons. The molecule has 32 heavy (non-hydrogen) atoms. The Morgan fingerprint density at radius 1 is 0.844 bits per heavy atom. The van der Waals surface area contributed by atoms with Crippen LogP contribution in [0.2, 0.25) is 0 Å². The van der Waals surface area contributed by atoms with Gasteiger partial charge in [0.1, 0.15) is 11.5 Å². The van der Waals surface area contributed by atoms with E-state index in [1.165, 1.54) is 12.1 Å². The largest absolute Gasteiger partial charge is 0.497 e. The van der Waals surface area contributed by atoms with Crippen LogP contribution in [-0.2, 0) is 10.0 Å². The molecule has 8 heteroatoms. The van der Waals surface area contributed by atoms with Gasteiger partial charge in [-0.2, -0.15) is 0 Å². The molecule has 3 rings (SSSR count). The van der Waals surface area contributed by atoms with Gasteiger partial charge in [0.15, 0.2) is 5.78 Å². The molecule has 0 aliphatic heterocycles. The Morgan fingerprint density at radius 3 is 1.84 bits per heavy atom. The van der Waals surface area contributed by atoms with Crippen molar-refractivity contribution in [2.24, 2.45) is 0 Å². The first kappa shape index (κ1) is 24.0. The third-order valence-corrected chi connectivity index (χ3v) is 7.41. The molecule has 0 heterocycles. The molecule has 3 aromatic rings. The summed E-state index contributed by atoms with van der Waals surface area (Å²) in [5, 5.41) is 0. The predicted molar refractivity (Wildman–Crippen MR) is 127 cm³/mol. The zero-order chi connectivity index (χ0) is 23.3. The maximum Gasteiger partial charge on any atom is 0.241 e. The van der Waals surface area contributed by atoms with Gasteiger partial charge < -0.3 is 9.47 Å². The van der Waals surface area contributed by atoms with Gasteiger partial charge in [0.05, 0.1) is 30.0 Å². The quantitative estimate of drug-likeness (QED) is 0.329. The van der Waals surface area contributed by atoms with Crippen molar-refractivity contribution in [2.45, 2.75) is 22.7 Å². The zero-order valence-corrected chi connectivity index (χ0v) is 20.3. The van der Waals surface area contributed by atoms with Crippen LogP contribution in [0.15, 0.2) is 77.7 Å². The van der Waals surface area contributed by atoms with Gasteiger partial charge in [0.25, 0.3) is 0 Å². The lowest BCUT2D eigenvalue weighted by molar-refractivity contribution is 0.0982. The number of benzene rings is 3. The first-order chi connectivity index (χ1) is 15.2. The van der Waals surface area contributed by atoms with Crippen LogP contribution < -0.4 is 14.2 Å². The van der Waals surface area contributed by atoms with Crippen molar-refractivity contribution in [2.75, 3.05) is 14.2 Å². The highest BCUT2D eigenvalue weighted by Crippen LogP contribution is 2.30. The fourth-order valence-electron chi connectivity index (χ4n) is 3.13. The van der Waals surface area contributed by atoms with E-state index >= 15 is 0 Å². The third kappa shape index (κ3) is 5.56. The Hall–Kier alpha value is -2.68. The smallest absolute Gasteiger partial charge is 0.241 e. The number of carbonyl (C=O) groups excluding carboxylic acids is 1. The summed E-state index contributed by atoms with van der Waals surface area (Å²) in [6, 6.07) is 19.3. The molecule has 0 amide bonds. The molecule has 0 bridgehead atoms. The van der Waals surface area contributed by atoms with Crippen LogP contribution in [0.4, 0.5) is 0 Å². The molecule has 0 saturated heterocycles. The summed E-state index contributed by atoms with van der Waals surface area (Å²) in [5.74, 6) is 0.987. The minimum atomic E-state index is -3.89. The van der Waals surface area contributed by atoms with Crippen LogP contribution >= 0.6 is 15.9 Å². The Bertz CT molecular complexity index is 1160. The number of nitrogens with one attached hydrogen (secondary N) is 1. The second kappa shape index (κ2) is 10.3. The van der Waals surface area contributed by atoms with Crippen LogP contribution in [0, 0.1) is 6.92 Å². The van der Waals surface area contributed by atoms with Gasteiger partial charge in [-0.05, 0) is 61.0 Å². The highest BCUT2D eigenvalue weighted by atomic mass is 79.9. The van der Waals surface area contributed by atoms with Gasteiger partial charge in [0.2, 0.25) is 10.0 Å². The zero-order valence-electron chi connectivity index (χ0n) is 17.9. The highest BCUT2D eigenvalue weighted by Gasteiger charge is 2.32. The van der Waals surface area contributed by atoms with Crippen LogP contribution in [-0.4, -0.2) is 33.2 Å². The Morgan fingerprint density at radius 2 is 1.34 bits per heavy atom. The van der Waals surface area contributed by atoms with Crippen molar-refractivity contribution in [1.29, 1.82) is 0 Å². The number of ketones is 1. The Balaban J connectivity index is 1.97. The molecule has 0 spiro atoms. The highest BCUT2D eigenvalue weighted by molar-refractivity contribution is 9.10. The van der Waals surface area contributed by atoms with E-state index in [0.717, 1.165) is 5.56 Å². The first-order valence-corrected chi connectivity index (χ1v) is 12.2.